The van der Waals surface area contributed by atoms with Crippen molar-refractivity contribution in [1.82, 2.24) is 10.3 Å². The van der Waals surface area contributed by atoms with E-state index >= 15 is 0 Å². The van der Waals surface area contributed by atoms with Crippen molar-refractivity contribution in [2.45, 2.75) is 20.4 Å². The maximum absolute atomic E-state index is 11.9. The summed E-state index contributed by atoms with van der Waals surface area (Å²) < 4.78 is 0.906. The minimum absolute atomic E-state index is 0.0606. The van der Waals surface area contributed by atoms with Crippen molar-refractivity contribution in [2.75, 3.05) is 0 Å². The van der Waals surface area contributed by atoms with Crippen LogP contribution in [0.25, 0.3) is 0 Å². The summed E-state index contributed by atoms with van der Waals surface area (Å²) in [5.74, 6) is -0.0606. The Morgan fingerprint density at radius 2 is 2.11 bits per heavy atom. The van der Waals surface area contributed by atoms with Gasteiger partial charge < -0.3 is 10.3 Å². The summed E-state index contributed by atoms with van der Waals surface area (Å²) >= 11 is 3.36. The van der Waals surface area contributed by atoms with Crippen molar-refractivity contribution in [3.8, 4) is 0 Å². The van der Waals surface area contributed by atoms with Gasteiger partial charge in [0.25, 0.3) is 5.91 Å². The van der Waals surface area contributed by atoms with Gasteiger partial charge in [-0.05, 0) is 43.7 Å². The number of carbonyl (C=O) groups excluding carboxylic acids is 1. The molecule has 0 radical (unpaired) electrons. The molecule has 18 heavy (non-hydrogen) atoms. The molecule has 4 heteroatoms. The summed E-state index contributed by atoms with van der Waals surface area (Å²) in [5.41, 5.74) is 3.99. The first-order chi connectivity index (χ1) is 8.56. The Labute approximate surface area is 115 Å². The van der Waals surface area contributed by atoms with Gasteiger partial charge in [0, 0.05) is 28.0 Å². The highest BCUT2D eigenvalue weighted by Crippen LogP contribution is 2.12. The maximum atomic E-state index is 11.9. The Balaban J connectivity index is 2.02. The van der Waals surface area contributed by atoms with Crippen LogP contribution in [0.4, 0.5) is 0 Å². The van der Waals surface area contributed by atoms with Gasteiger partial charge in [0.05, 0.1) is 0 Å². The molecule has 3 nitrogen and oxygen atoms in total. The van der Waals surface area contributed by atoms with E-state index in [0.29, 0.717) is 12.1 Å². The fourth-order valence-corrected chi connectivity index (χ4v) is 2.27. The molecule has 0 unspecified atom stereocenters. The highest BCUT2D eigenvalue weighted by atomic mass is 79.9. The van der Waals surface area contributed by atoms with Gasteiger partial charge in [0.2, 0.25) is 0 Å². The van der Waals surface area contributed by atoms with Gasteiger partial charge in [0.15, 0.2) is 0 Å². The standard InChI is InChI=1S/C14H15BrN2O/c1-9-6-12(10(2)17-9)8-16-14(18)11-4-3-5-13(15)7-11/h3-7,17H,8H2,1-2H3,(H,16,18). The quantitative estimate of drug-likeness (QED) is 0.897. The lowest BCUT2D eigenvalue weighted by molar-refractivity contribution is 0.0951. The van der Waals surface area contributed by atoms with Crippen molar-refractivity contribution in [1.29, 1.82) is 0 Å². The van der Waals surface area contributed by atoms with E-state index in [-0.39, 0.29) is 5.91 Å². The van der Waals surface area contributed by atoms with E-state index < -0.39 is 0 Å². The minimum Gasteiger partial charge on any atom is -0.362 e. The molecule has 1 aromatic heterocycles. The molecule has 2 N–H and O–H groups in total. The summed E-state index contributed by atoms with van der Waals surface area (Å²) in [6.45, 7) is 4.56. The van der Waals surface area contributed by atoms with Crippen LogP contribution in [-0.4, -0.2) is 10.9 Å². The van der Waals surface area contributed by atoms with Gasteiger partial charge in [-0.1, -0.05) is 22.0 Å². The number of benzene rings is 1. The number of nitrogens with one attached hydrogen (secondary N) is 2. The van der Waals surface area contributed by atoms with Crippen LogP contribution in [0, 0.1) is 13.8 Å². The van der Waals surface area contributed by atoms with Crippen molar-refractivity contribution >= 4 is 21.8 Å². The fraction of sp³-hybridized carbons (Fsp3) is 0.214. The van der Waals surface area contributed by atoms with E-state index in [1.807, 2.05) is 32.0 Å². The second-order valence-electron chi connectivity index (χ2n) is 4.30. The maximum Gasteiger partial charge on any atom is 0.251 e. The predicted molar refractivity (Wildman–Crippen MR) is 75.6 cm³/mol. The molecule has 94 valence electrons. The van der Waals surface area contributed by atoms with E-state index in [9.17, 15) is 4.79 Å². The molecule has 0 aliphatic carbocycles. The number of aromatic amines is 1. The second kappa shape index (κ2) is 5.40. The third-order valence-electron chi connectivity index (χ3n) is 2.78. The summed E-state index contributed by atoms with van der Waals surface area (Å²) in [4.78, 5) is 15.2. The molecule has 0 aliphatic rings. The number of halogens is 1. The van der Waals surface area contributed by atoms with Crippen molar-refractivity contribution < 1.29 is 4.79 Å². The van der Waals surface area contributed by atoms with Crippen LogP contribution < -0.4 is 5.32 Å². The molecule has 2 rings (SSSR count). The summed E-state index contributed by atoms with van der Waals surface area (Å²) in [6.07, 6.45) is 0. The van der Waals surface area contributed by atoms with Gasteiger partial charge in [-0.25, -0.2) is 0 Å². The van der Waals surface area contributed by atoms with Gasteiger partial charge in [-0.15, -0.1) is 0 Å². The number of H-pyrrole nitrogens is 1. The number of amides is 1. The monoisotopic (exact) mass is 306 g/mol. The molecule has 1 aromatic carbocycles. The average Bonchev–Trinajstić information content (AvgIpc) is 2.65. The predicted octanol–water partition coefficient (Wildman–Crippen LogP) is 3.32. The Morgan fingerprint density at radius 1 is 1.33 bits per heavy atom. The van der Waals surface area contributed by atoms with E-state index in [4.69, 9.17) is 0 Å². The molecule has 0 saturated carbocycles. The first-order valence-corrected chi connectivity index (χ1v) is 6.54. The largest absolute Gasteiger partial charge is 0.362 e. The first kappa shape index (κ1) is 12.9. The van der Waals surface area contributed by atoms with Crippen molar-refractivity contribution in [3.05, 3.63) is 57.3 Å². The van der Waals surface area contributed by atoms with Gasteiger partial charge in [0.1, 0.15) is 0 Å². The molecule has 0 aliphatic heterocycles. The van der Waals surface area contributed by atoms with Crippen LogP contribution in [0.2, 0.25) is 0 Å². The van der Waals surface area contributed by atoms with Crippen LogP contribution in [0.15, 0.2) is 34.8 Å². The molecule has 0 spiro atoms. The van der Waals surface area contributed by atoms with Crippen LogP contribution in [0.3, 0.4) is 0 Å². The topological polar surface area (TPSA) is 44.9 Å². The summed E-state index contributed by atoms with van der Waals surface area (Å²) in [7, 11) is 0. The number of carbonyl (C=O) groups is 1. The number of hydrogen-bond donors (Lipinski definition) is 2. The number of aromatic nitrogens is 1. The van der Waals surface area contributed by atoms with Crippen molar-refractivity contribution in [3.63, 3.8) is 0 Å². The van der Waals surface area contributed by atoms with Crippen LogP contribution in [0.5, 0.6) is 0 Å². The van der Waals surface area contributed by atoms with Crippen molar-refractivity contribution in [2.24, 2.45) is 0 Å². The fourth-order valence-electron chi connectivity index (χ4n) is 1.87. The molecular formula is C14H15BrN2O. The van der Waals surface area contributed by atoms with Gasteiger partial charge in [-0.3, -0.25) is 4.79 Å². The molecule has 1 heterocycles. The highest BCUT2D eigenvalue weighted by molar-refractivity contribution is 9.10. The smallest absolute Gasteiger partial charge is 0.251 e. The lowest BCUT2D eigenvalue weighted by Crippen LogP contribution is -2.22. The second-order valence-corrected chi connectivity index (χ2v) is 5.21. The summed E-state index contributed by atoms with van der Waals surface area (Å²) in [6, 6.07) is 9.41. The number of rotatable bonds is 3. The molecule has 0 bridgehead atoms. The van der Waals surface area contributed by atoms with Gasteiger partial charge in [-0.2, -0.15) is 0 Å². The molecule has 0 saturated heterocycles. The third-order valence-corrected chi connectivity index (χ3v) is 3.28. The highest BCUT2D eigenvalue weighted by Gasteiger charge is 2.07. The number of aryl methyl sites for hydroxylation is 2. The van der Waals surface area contributed by atoms with E-state index in [1.54, 1.807) is 6.07 Å². The molecular weight excluding hydrogens is 292 g/mol. The summed E-state index contributed by atoms with van der Waals surface area (Å²) in [5, 5.41) is 2.92. The lowest BCUT2D eigenvalue weighted by Gasteiger charge is -2.05. The van der Waals surface area contributed by atoms with E-state index in [0.717, 1.165) is 21.4 Å². The molecule has 0 fully saturated rings. The Bertz CT molecular complexity index is 575. The SMILES string of the molecule is Cc1cc(CNC(=O)c2cccc(Br)c2)c(C)[nH]1. The normalized spacial score (nSPS) is 10.4. The van der Waals surface area contributed by atoms with Crippen LogP contribution in [-0.2, 0) is 6.54 Å². The Hall–Kier alpha value is -1.55. The van der Waals surface area contributed by atoms with Gasteiger partial charge >= 0.3 is 0 Å². The third kappa shape index (κ3) is 3.01. The zero-order valence-electron chi connectivity index (χ0n) is 10.4. The Kier molecular flexibility index (Phi) is 3.87. The number of hydrogen-bond acceptors (Lipinski definition) is 1. The average molecular weight is 307 g/mol. The zero-order valence-corrected chi connectivity index (χ0v) is 12.0. The molecule has 0 atom stereocenters. The molecule has 1 amide bonds. The molecule has 2 aromatic rings. The first-order valence-electron chi connectivity index (χ1n) is 5.75. The van der Waals surface area contributed by atoms with Crippen LogP contribution in [0.1, 0.15) is 27.3 Å². The Morgan fingerprint density at radius 3 is 2.72 bits per heavy atom. The lowest BCUT2D eigenvalue weighted by atomic mass is 10.2. The zero-order chi connectivity index (χ0) is 13.1. The van der Waals surface area contributed by atoms with Crippen LogP contribution >= 0.6 is 15.9 Å². The van der Waals surface area contributed by atoms with E-state index in [1.165, 1.54) is 0 Å². The minimum atomic E-state index is -0.0606. The van der Waals surface area contributed by atoms with E-state index in [2.05, 4.69) is 32.3 Å².